The molecular weight excluding hydrogens is 260 g/mol. The molecule has 3 nitrogen and oxygen atoms in total. The monoisotopic (exact) mass is 278 g/mol. The number of fused-ring (bicyclic) bond motifs is 1. The van der Waals surface area contributed by atoms with E-state index in [9.17, 15) is 0 Å². The van der Waals surface area contributed by atoms with E-state index in [1.807, 2.05) is 25.4 Å². The van der Waals surface area contributed by atoms with E-state index in [0.717, 1.165) is 31.8 Å². The van der Waals surface area contributed by atoms with Crippen molar-refractivity contribution in [3.63, 3.8) is 0 Å². The lowest BCUT2D eigenvalue weighted by Gasteiger charge is -2.32. The molecule has 2 heterocycles. The van der Waals surface area contributed by atoms with E-state index < -0.39 is 0 Å². The van der Waals surface area contributed by atoms with Crippen molar-refractivity contribution in [1.82, 2.24) is 4.98 Å². The molecule has 1 unspecified atom stereocenters. The van der Waals surface area contributed by atoms with Crippen LogP contribution in [-0.2, 0) is 17.6 Å². The van der Waals surface area contributed by atoms with Gasteiger partial charge in [-0.2, -0.15) is 0 Å². The minimum atomic E-state index is -0.0462. The molecule has 1 aliphatic heterocycles. The molecule has 0 radical (unpaired) electrons. The Kier molecular flexibility index (Phi) is 2.81. The fraction of sp³-hybridized carbons (Fsp3) is 0.333. The van der Waals surface area contributed by atoms with Gasteiger partial charge in [-0.3, -0.25) is 4.98 Å². The van der Waals surface area contributed by atoms with Crippen molar-refractivity contribution in [3.8, 4) is 11.1 Å². The number of pyridine rings is 1. The lowest BCUT2D eigenvalue weighted by atomic mass is 9.76. The van der Waals surface area contributed by atoms with Gasteiger partial charge in [0.25, 0.3) is 0 Å². The molecule has 0 bridgehead atoms. The Morgan fingerprint density at radius 1 is 1.19 bits per heavy atom. The van der Waals surface area contributed by atoms with Crippen molar-refractivity contribution < 1.29 is 4.74 Å². The van der Waals surface area contributed by atoms with Crippen molar-refractivity contribution in [2.24, 2.45) is 4.99 Å². The van der Waals surface area contributed by atoms with Gasteiger partial charge in [0, 0.05) is 31.3 Å². The van der Waals surface area contributed by atoms with Crippen LogP contribution in [0.3, 0.4) is 0 Å². The molecular formula is C18H18N2O. The first-order valence-electron chi connectivity index (χ1n) is 7.46. The van der Waals surface area contributed by atoms with Crippen LogP contribution >= 0.6 is 0 Å². The zero-order valence-electron chi connectivity index (χ0n) is 12.2. The van der Waals surface area contributed by atoms with Crippen molar-refractivity contribution in [2.45, 2.75) is 31.7 Å². The molecule has 21 heavy (non-hydrogen) atoms. The van der Waals surface area contributed by atoms with Crippen LogP contribution in [0.25, 0.3) is 11.1 Å². The highest BCUT2D eigenvalue weighted by molar-refractivity contribution is 5.76. The van der Waals surface area contributed by atoms with Crippen molar-refractivity contribution in [3.05, 3.63) is 53.9 Å². The van der Waals surface area contributed by atoms with Gasteiger partial charge in [0.05, 0.1) is 0 Å². The lowest BCUT2D eigenvalue weighted by Crippen LogP contribution is -2.35. The second-order valence-corrected chi connectivity index (χ2v) is 6.01. The largest absolute Gasteiger partial charge is 0.479 e. The average molecular weight is 278 g/mol. The molecule has 3 heteroatoms. The molecule has 0 fully saturated rings. The molecule has 4 rings (SSSR count). The number of hydrogen-bond donors (Lipinski definition) is 0. The van der Waals surface area contributed by atoms with Gasteiger partial charge in [0.2, 0.25) is 0 Å². The fourth-order valence-electron chi connectivity index (χ4n) is 3.51. The number of aryl methyl sites for hydroxylation is 1. The molecule has 1 aromatic heterocycles. The van der Waals surface area contributed by atoms with E-state index in [4.69, 9.17) is 9.73 Å². The van der Waals surface area contributed by atoms with Crippen molar-refractivity contribution in [1.29, 1.82) is 0 Å². The normalized spacial score (nSPS) is 23.6. The molecule has 0 saturated heterocycles. The van der Waals surface area contributed by atoms with Gasteiger partial charge in [0.15, 0.2) is 5.90 Å². The SMILES string of the molecule is CC1=NC2(CCc3cccc(-c4cccnc4)c3C2)CO1. The summed E-state index contributed by atoms with van der Waals surface area (Å²) in [5.41, 5.74) is 5.29. The van der Waals surface area contributed by atoms with Crippen LogP contribution in [0.2, 0.25) is 0 Å². The first-order valence-corrected chi connectivity index (χ1v) is 7.46. The summed E-state index contributed by atoms with van der Waals surface area (Å²) in [6.45, 7) is 2.68. The topological polar surface area (TPSA) is 34.5 Å². The molecule has 1 spiro atoms. The van der Waals surface area contributed by atoms with Gasteiger partial charge in [-0.1, -0.05) is 24.3 Å². The molecule has 106 valence electrons. The highest BCUT2D eigenvalue weighted by Gasteiger charge is 2.39. The van der Waals surface area contributed by atoms with Crippen LogP contribution in [0, 0.1) is 0 Å². The van der Waals surface area contributed by atoms with Crippen LogP contribution in [0.1, 0.15) is 24.5 Å². The first kappa shape index (κ1) is 12.6. The van der Waals surface area contributed by atoms with Gasteiger partial charge >= 0.3 is 0 Å². The van der Waals surface area contributed by atoms with Crippen molar-refractivity contribution >= 4 is 5.90 Å². The number of aliphatic imine (C=N–C) groups is 1. The zero-order valence-corrected chi connectivity index (χ0v) is 12.2. The quantitative estimate of drug-likeness (QED) is 0.801. The fourth-order valence-corrected chi connectivity index (χ4v) is 3.51. The number of ether oxygens (including phenoxy) is 1. The predicted molar refractivity (Wildman–Crippen MR) is 83.5 cm³/mol. The molecule has 2 aliphatic rings. The Morgan fingerprint density at radius 2 is 2.14 bits per heavy atom. The summed E-state index contributed by atoms with van der Waals surface area (Å²) in [5.74, 6) is 0.831. The maximum absolute atomic E-state index is 5.64. The summed E-state index contributed by atoms with van der Waals surface area (Å²) in [6, 6.07) is 10.7. The maximum atomic E-state index is 5.64. The minimum absolute atomic E-state index is 0.0462. The average Bonchev–Trinajstić information content (AvgIpc) is 2.88. The smallest absolute Gasteiger partial charge is 0.180 e. The Hall–Kier alpha value is -2.16. The second kappa shape index (κ2) is 4.69. The highest BCUT2D eigenvalue weighted by atomic mass is 16.5. The van der Waals surface area contributed by atoms with Gasteiger partial charge in [-0.05, 0) is 35.6 Å². The van der Waals surface area contributed by atoms with Gasteiger partial charge < -0.3 is 4.74 Å². The summed E-state index contributed by atoms with van der Waals surface area (Å²) in [4.78, 5) is 9.05. The number of benzene rings is 1. The Balaban J connectivity index is 1.80. The highest BCUT2D eigenvalue weighted by Crippen LogP contribution is 2.39. The van der Waals surface area contributed by atoms with Crippen LogP contribution < -0.4 is 0 Å². The number of nitrogens with zero attached hydrogens (tertiary/aromatic N) is 2. The van der Waals surface area contributed by atoms with E-state index in [1.54, 1.807) is 0 Å². The Labute approximate surface area is 124 Å². The number of hydrogen-bond acceptors (Lipinski definition) is 3. The lowest BCUT2D eigenvalue weighted by molar-refractivity contribution is 0.236. The Morgan fingerprint density at radius 3 is 2.90 bits per heavy atom. The van der Waals surface area contributed by atoms with Crippen LogP contribution in [0.15, 0.2) is 47.7 Å². The predicted octanol–water partition coefficient (Wildman–Crippen LogP) is 3.42. The third-order valence-corrected chi connectivity index (χ3v) is 4.56. The molecule has 0 saturated carbocycles. The molecule has 1 aliphatic carbocycles. The van der Waals surface area contributed by atoms with Crippen LogP contribution in [-0.4, -0.2) is 23.0 Å². The summed E-state index contributed by atoms with van der Waals surface area (Å²) in [6.07, 6.45) is 6.87. The third-order valence-electron chi connectivity index (χ3n) is 4.56. The minimum Gasteiger partial charge on any atom is -0.479 e. The molecule has 1 atom stereocenters. The number of aromatic nitrogens is 1. The van der Waals surface area contributed by atoms with E-state index in [-0.39, 0.29) is 5.54 Å². The third kappa shape index (κ3) is 2.13. The summed E-state index contributed by atoms with van der Waals surface area (Å²) in [5, 5.41) is 0. The van der Waals surface area contributed by atoms with Crippen LogP contribution in [0.4, 0.5) is 0 Å². The summed E-state index contributed by atoms with van der Waals surface area (Å²) in [7, 11) is 0. The van der Waals surface area contributed by atoms with Crippen molar-refractivity contribution in [2.75, 3.05) is 6.61 Å². The van der Waals surface area contributed by atoms with E-state index in [0.29, 0.717) is 0 Å². The number of rotatable bonds is 1. The van der Waals surface area contributed by atoms with Crippen LogP contribution in [0.5, 0.6) is 0 Å². The molecule has 0 N–H and O–H groups in total. The standard InChI is InChI=1S/C18H18N2O/c1-13-20-18(12-21-13)8-7-14-4-2-6-16(17(14)10-18)15-5-3-9-19-11-15/h2-6,9,11H,7-8,10,12H2,1H3. The molecule has 0 amide bonds. The first-order chi connectivity index (χ1) is 10.3. The van der Waals surface area contributed by atoms with Gasteiger partial charge in [-0.15, -0.1) is 0 Å². The Bertz CT molecular complexity index is 708. The van der Waals surface area contributed by atoms with E-state index >= 15 is 0 Å². The molecule has 1 aromatic carbocycles. The second-order valence-electron chi connectivity index (χ2n) is 6.01. The summed E-state index contributed by atoms with van der Waals surface area (Å²) >= 11 is 0. The maximum Gasteiger partial charge on any atom is 0.180 e. The summed E-state index contributed by atoms with van der Waals surface area (Å²) < 4.78 is 5.64. The van der Waals surface area contributed by atoms with E-state index in [2.05, 4.69) is 29.2 Å². The zero-order chi connectivity index (χ0) is 14.3. The van der Waals surface area contributed by atoms with Gasteiger partial charge in [0.1, 0.15) is 12.1 Å². The van der Waals surface area contributed by atoms with Gasteiger partial charge in [-0.25, -0.2) is 4.99 Å². The molecule has 2 aromatic rings. The van der Waals surface area contributed by atoms with E-state index in [1.165, 1.54) is 22.3 Å².